The number of carbonyl (C=O) groups excluding carboxylic acids is 1. The standard InChI is InChI=1S/C17H17NO2/c1-18-16-9-4-3-8-14(16)15(17(18)19)11-12-6-5-7-13(10-12)20-2/h3-10,15H,11H2,1-2H3/t15-/m0/s1. The summed E-state index contributed by atoms with van der Waals surface area (Å²) in [5.74, 6) is 0.895. The number of fused-ring (bicyclic) bond motifs is 1. The molecular formula is C17H17NO2. The maximum Gasteiger partial charge on any atom is 0.234 e. The summed E-state index contributed by atoms with van der Waals surface area (Å²) in [7, 11) is 3.50. The van der Waals surface area contributed by atoms with Gasteiger partial charge in [0.05, 0.1) is 13.0 Å². The van der Waals surface area contributed by atoms with Gasteiger partial charge in [-0.25, -0.2) is 0 Å². The molecule has 102 valence electrons. The number of carbonyl (C=O) groups is 1. The zero-order valence-electron chi connectivity index (χ0n) is 11.7. The van der Waals surface area contributed by atoms with Crippen molar-refractivity contribution in [2.24, 2.45) is 0 Å². The molecule has 0 N–H and O–H groups in total. The summed E-state index contributed by atoms with van der Waals surface area (Å²) in [6, 6.07) is 15.9. The van der Waals surface area contributed by atoms with Crippen molar-refractivity contribution in [3.8, 4) is 5.75 Å². The summed E-state index contributed by atoms with van der Waals surface area (Å²) in [5, 5.41) is 0. The lowest BCUT2D eigenvalue weighted by Gasteiger charge is -2.11. The van der Waals surface area contributed by atoms with Crippen LogP contribution in [0.2, 0.25) is 0 Å². The summed E-state index contributed by atoms with van der Waals surface area (Å²) in [4.78, 5) is 14.2. The third-order valence-electron chi connectivity index (χ3n) is 3.88. The SMILES string of the molecule is COc1cccc(C[C@@H]2C(=O)N(C)c3ccccc32)c1. The number of benzene rings is 2. The quantitative estimate of drug-likeness (QED) is 0.855. The summed E-state index contributed by atoms with van der Waals surface area (Å²) in [5.41, 5.74) is 3.25. The molecule has 1 aliphatic rings. The lowest BCUT2D eigenvalue weighted by atomic mass is 9.93. The molecule has 0 bridgehead atoms. The highest BCUT2D eigenvalue weighted by Crippen LogP contribution is 2.38. The number of ether oxygens (including phenoxy) is 1. The summed E-state index contributed by atoms with van der Waals surface area (Å²) < 4.78 is 5.24. The van der Waals surface area contributed by atoms with E-state index < -0.39 is 0 Å². The Hall–Kier alpha value is -2.29. The summed E-state index contributed by atoms with van der Waals surface area (Å²) in [6.07, 6.45) is 0.706. The molecule has 1 aliphatic heterocycles. The first-order chi connectivity index (χ1) is 9.70. The van der Waals surface area contributed by atoms with Crippen molar-refractivity contribution in [2.75, 3.05) is 19.1 Å². The van der Waals surface area contributed by atoms with Gasteiger partial charge in [0.2, 0.25) is 5.91 Å². The second-order valence-electron chi connectivity index (χ2n) is 5.06. The summed E-state index contributed by atoms with van der Waals surface area (Å²) >= 11 is 0. The normalized spacial score (nSPS) is 17.2. The molecule has 2 aromatic rings. The molecule has 20 heavy (non-hydrogen) atoms. The van der Waals surface area contributed by atoms with E-state index in [0.717, 1.165) is 22.6 Å². The minimum Gasteiger partial charge on any atom is -0.497 e. The van der Waals surface area contributed by atoms with Crippen molar-refractivity contribution in [2.45, 2.75) is 12.3 Å². The van der Waals surface area contributed by atoms with Crippen LogP contribution < -0.4 is 9.64 Å². The lowest BCUT2D eigenvalue weighted by molar-refractivity contribution is -0.119. The number of amides is 1. The molecule has 0 saturated carbocycles. The van der Waals surface area contributed by atoms with E-state index in [0.29, 0.717) is 6.42 Å². The van der Waals surface area contributed by atoms with E-state index >= 15 is 0 Å². The Labute approximate surface area is 118 Å². The predicted octanol–water partition coefficient (Wildman–Crippen LogP) is 3.00. The molecule has 0 spiro atoms. The van der Waals surface area contributed by atoms with Crippen molar-refractivity contribution in [1.82, 2.24) is 0 Å². The molecule has 3 heteroatoms. The average Bonchev–Trinajstić information content (AvgIpc) is 2.73. The van der Waals surface area contributed by atoms with Gasteiger partial charge in [0.15, 0.2) is 0 Å². The Kier molecular flexibility index (Phi) is 3.18. The second-order valence-corrected chi connectivity index (χ2v) is 5.06. The first kappa shape index (κ1) is 12.7. The number of anilines is 1. The fourth-order valence-corrected chi connectivity index (χ4v) is 2.81. The Morgan fingerprint density at radius 1 is 1.15 bits per heavy atom. The number of hydrogen-bond donors (Lipinski definition) is 0. The van der Waals surface area contributed by atoms with E-state index in [4.69, 9.17) is 4.74 Å². The van der Waals surface area contributed by atoms with Crippen LogP contribution in [-0.2, 0) is 11.2 Å². The molecule has 1 heterocycles. The van der Waals surface area contributed by atoms with E-state index in [9.17, 15) is 4.79 Å². The minimum atomic E-state index is -0.0942. The average molecular weight is 267 g/mol. The number of nitrogens with zero attached hydrogens (tertiary/aromatic N) is 1. The molecule has 3 nitrogen and oxygen atoms in total. The van der Waals surface area contributed by atoms with Gasteiger partial charge in [-0.1, -0.05) is 30.3 Å². The van der Waals surface area contributed by atoms with Crippen LogP contribution in [0.15, 0.2) is 48.5 Å². The van der Waals surface area contributed by atoms with Crippen molar-refractivity contribution >= 4 is 11.6 Å². The van der Waals surface area contributed by atoms with Crippen LogP contribution in [0.25, 0.3) is 0 Å². The highest BCUT2D eigenvalue weighted by Gasteiger charge is 2.34. The lowest BCUT2D eigenvalue weighted by Crippen LogP contribution is -2.24. The molecule has 1 amide bonds. The molecule has 0 aromatic heterocycles. The largest absolute Gasteiger partial charge is 0.497 e. The molecule has 1 atom stereocenters. The van der Waals surface area contributed by atoms with Crippen molar-refractivity contribution in [3.63, 3.8) is 0 Å². The van der Waals surface area contributed by atoms with Crippen LogP contribution in [-0.4, -0.2) is 20.1 Å². The number of hydrogen-bond acceptors (Lipinski definition) is 2. The van der Waals surface area contributed by atoms with Gasteiger partial charge < -0.3 is 9.64 Å². The van der Waals surface area contributed by atoms with Crippen LogP contribution >= 0.6 is 0 Å². The van der Waals surface area contributed by atoms with Crippen LogP contribution in [0.1, 0.15) is 17.0 Å². The highest BCUT2D eigenvalue weighted by molar-refractivity contribution is 6.04. The van der Waals surface area contributed by atoms with E-state index in [1.54, 1.807) is 12.0 Å². The van der Waals surface area contributed by atoms with Gasteiger partial charge in [0.1, 0.15) is 5.75 Å². The van der Waals surface area contributed by atoms with Gasteiger partial charge in [-0.05, 0) is 35.7 Å². The van der Waals surface area contributed by atoms with E-state index in [2.05, 4.69) is 0 Å². The Morgan fingerprint density at radius 3 is 2.75 bits per heavy atom. The zero-order chi connectivity index (χ0) is 14.1. The predicted molar refractivity (Wildman–Crippen MR) is 79.3 cm³/mol. The van der Waals surface area contributed by atoms with Gasteiger partial charge in [-0.15, -0.1) is 0 Å². The first-order valence-electron chi connectivity index (χ1n) is 6.70. The third kappa shape index (κ3) is 2.05. The molecule has 2 aromatic carbocycles. The zero-order valence-corrected chi connectivity index (χ0v) is 11.7. The van der Waals surface area contributed by atoms with E-state index in [-0.39, 0.29) is 11.8 Å². The van der Waals surface area contributed by atoms with Gasteiger partial charge in [-0.2, -0.15) is 0 Å². The van der Waals surface area contributed by atoms with Crippen molar-refractivity contribution in [3.05, 3.63) is 59.7 Å². The van der Waals surface area contributed by atoms with Crippen LogP contribution in [0.3, 0.4) is 0 Å². The van der Waals surface area contributed by atoms with Crippen LogP contribution in [0.4, 0.5) is 5.69 Å². The van der Waals surface area contributed by atoms with E-state index in [1.165, 1.54) is 0 Å². The third-order valence-corrected chi connectivity index (χ3v) is 3.88. The number of likely N-dealkylation sites (N-methyl/N-ethyl adjacent to an activating group) is 1. The first-order valence-corrected chi connectivity index (χ1v) is 6.70. The van der Waals surface area contributed by atoms with Gasteiger partial charge >= 0.3 is 0 Å². The minimum absolute atomic E-state index is 0.0942. The highest BCUT2D eigenvalue weighted by atomic mass is 16.5. The van der Waals surface area contributed by atoms with Crippen molar-refractivity contribution in [1.29, 1.82) is 0 Å². The smallest absolute Gasteiger partial charge is 0.234 e. The number of methoxy groups -OCH3 is 1. The van der Waals surface area contributed by atoms with Gasteiger partial charge in [-0.3, -0.25) is 4.79 Å². The maximum atomic E-state index is 12.4. The molecule has 0 unspecified atom stereocenters. The maximum absolute atomic E-state index is 12.4. The fourth-order valence-electron chi connectivity index (χ4n) is 2.81. The second kappa shape index (κ2) is 5.00. The topological polar surface area (TPSA) is 29.5 Å². The number of para-hydroxylation sites is 1. The fraction of sp³-hybridized carbons (Fsp3) is 0.235. The Balaban J connectivity index is 1.93. The molecule has 0 saturated heterocycles. The monoisotopic (exact) mass is 267 g/mol. The molecule has 0 radical (unpaired) electrons. The molecule has 0 aliphatic carbocycles. The van der Waals surface area contributed by atoms with Gasteiger partial charge in [0, 0.05) is 12.7 Å². The Bertz CT molecular complexity index is 651. The van der Waals surface area contributed by atoms with Crippen molar-refractivity contribution < 1.29 is 9.53 Å². The summed E-state index contributed by atoms with van der Waals surface area (Å²) in [6.45, 7) is 0. The van der Waals surface area contributed by atoms with Crippen LogP contribution in [0.5, 0.6) is 5.75 Å². The molecule has 3 rings (SSSR count). The van der Waals surface area contributed by atoms with Gasteiger partial charge in [0.25, 0.3) is 0 Å². The van der Waals surface area contributed by atoms with E-state index in [1.807, 2.05) is 55.6 Å². The number of rotatable bonds is 3. The Morgan fingerprint density at radius 2 is 1.95 bits per heavy atom. The molecular weight excluding hydrogens is 250 g/mol. The van der Waals surface area contributed by atoms with Crippen LogP contribution in [0, 0.1) is 0 Å². The molecule has 0 fully saturated rings.